The predicted molar refractivity (Wildman–Crippen MR) is 145 cm³/mol. The quantitative estimate of drug-likeness (QED) is 0.337. The van der Waals surface area contributed by atoms with Gasteiger partial charge in [0.05, 0.1) is 11.2 Å². The van der Waals surface area contributed by atoms with Crippen molar-refractivity contribution in [2.24, 2.45) is 0 Å². The Labute approximate surface area is 215 Å². The molecule has 0 saturated carbocycles. The van der Waals surface area contributed by atoms with Crippen molar-refractivity contribution < 1.29 is 9.13 Å². The van der Waals surface area contributed by atoms with E-state index < -0.39 is 5.82 Å². The van der Waals surface area contributed by atoms with E-state index in [1.165, 1.54) is 11.1 Å². The average Bonchev–Trinajstić information content (AvgIpc) is 2.88. The molecule has 2 aliphatic heterocycles. The van der Waals surface area contributed by atoms with Crippen LogP contribution < -0.4 is 21.1 Å². The largest absolute Gasteiger partial charge is 0.474 e. The van der Waals surface area contributed by atoms with Gasteiger partial charge in [0.1, 0.15) is 12.3 Å². The van der Waals surface area contributed by atoms with E-state index in [0.29, 0.717) is 47.0 Å². The molecule has 9 heteroatoms. The van der Waals surface area contributed by atoms with Gasteiger partial charge in [-0.3, -0.25) is 4.90 Å². The molecular weight excluding hydrogens is 469 g/mol. The molecule has 0 fully saturated rings. The lowest BCUT2D eigenvalue weighted by Crippen LogP contribution is -2.46. The van der Waals surface area contributed by atoms with E-state index in [2.05, 4.69) is 58.5 Å². The van der Waals surface area contributed by atoms with Crippen molar-refractivity contribution >= 4 is 33.9 Å². The monoisotopic (exact) mass is 499 g/mol. The third-order valence-corrected chi connectivity index (χ3v) is 7.67. The summed E-state index contributed by atoms with van der Waals surface area (Å²) in [7, 11) is 2.15. The summed E-state index contributed by atoms with van der Waals surface area (Å²) in [6.45, 7) is 8.50. The van der Waals surface area contributed by atoms with Crippen LogP contribution in [0.5, 0.6) is 5.88 Å². The second kappa shape index (κ2) is 8.55. The number of nitrogen functional groups attached to an aromatic ring is 1. The minimum absolute atomic E-state index is 0.0160. The maximum absolute atomic E-state index is 15.5. The van der Waals surface area contributed by atoms with Crippen LogP contribution >= 0.6 is 0 Å². The summed E-state index contributed by atoms with van der Waals surface area (Å²) >= 11 is 0. The number of anilines is 4. The highest BCUT2D eigenvalue weighted by Crippen LogP contribution is 2.40. The van der Waals surface area contributed by atoms with Gasteiger partial charge in [-0.25, -0.2) is 19.3 Å². The number of benzene rings is 2. The summed E-state index contributed by atoms with van der Waals surface area (Å²) < 4.78 is 21.1. The predicted octanol–water partition coefficient (Wildman–Crippen LogP) is 5.04. The van der Waals surface area contributed by atoms with E-state index >= 15 is 4.39 Å². The van der Waals surface area contributed by atoms with E-state index in [4.69, 9.17) is 15.5 Å². The lowest BCUT2D eigenvalue weighted by atomic mass is 9.85. The van der Waals surface area contributed by atoms with Crippen LogP contribution in [-0.4, -0.2) is 45.6 Å². The number of nitrogens with zero attached hydrogens (tertiary/aromatic N) is 4. The number of hydrogen-bond acceptors (Lipinski definition) is 8. The number of fused-ring (bicyclic) bond motifs is 3. The third kappa shape index (κ3) is 3.90. The number of nitrogens with one attached hydrogen (secondary N) is 2. The molecule has 6 rings (SSSR count). The lowest BCUT2D eigenvalue weighted by Gasteiger charge is -2.41. The molecule has 37 heavy (non-hydrogen) atoms. The molecule has 4 heterocycles. The number of aromatic nitrogens is 3. The number of pyridine rings is 1. The van der Waals surface area contributed by atoms with Gasteiger partial charge in [0, 0.05) is 53.2 Å². The van der Waals surface area contributed by atoms with E-state index in [9.17, 15) is 0 Å². The Morgan fingerprint density at radius 1 is 1.19 bits per heavy atom. The molecule has 0 bridgehead atoms. The van der Waals surface area contributed by atoms with Crippen LogP contribution in [0.25, 0.3) is 22.0 Å². The fourth-order valence-electron chi connectivity index (χ4n) is 5.19. The first-order valence-electron chi connectivity index (χ1n) is 12.4. The van der Waals surface area contributed by atoms with Crippen LogP contribution in [0.2, 0.25) is 0 Å². The Kier molecular flexibility index (Phi) is 5.41. The van der Waals surface area contributed by atoms with E-state index in [-0.39, 0.29) is 11.2 Å². The normalized spacial score (nSPS) is 16.5. The van der Waals surface area contributed by atoms with Crippen LogP contribution in [0.1, 0.15) is 30.5 Å². The fraction of sp³-hybridized carbons (Fsp3) is 0.321. The third-order valence-electron chi connectivity index (χ3n) is 7.67. The molecule has 0 radical (unpaired) electrons. The molecule has 8 nitrogen and oxygen atoms in total. The van der Waals surface area contributed by atoms with Crippen molar-refractivity contribution in [1.29, 1.82) is 0 Å². The average molecular weight is 500 g/mol. The SMILES string of the molecule is Cc1c(-c2cc3nc(Nc4cccc5c4CC(C)(C)N(C)C5)ncc3c(N)c2F)cnc2c1NCCO2. The van der Waals surface area contributed by atoms with Crippen molar-refractivity contribution in [2.45, 2.75) is 39.3 Å². The summed E-state index contributed by atoms with van der Waals surface area (Å²) in [6.07, 6.45) is 4.10. The smallest absolute Gasteiger partial charge is 0.237 e. The Morgan fingerprint density at radius 2 is 2.03 bits per heavy atom. The zero-order chi connectivity index (χ0) is 25.9. The summed E-state index contributed by atoms with van der Waals surface area (Å²) in [5.41, 5.74) is 13.0. The number of hydrogen-bond donors (Lipinski definition) is 3. The van der Waals surface area contributed by atoms with Gasteiger partial charge in [-0.05, 0) is 63.1 Å². The molecule has 0 atom stereocenters. The molecule has 190 valence electrons. The highest BCUT2D eigenvalue weighted by atomic mass is 19.1. The van der Waals surface area contributed by atoms with Gasteiger partial charge in [0.2, 0.25) is 11.8 Å². The first-order chi connectivity index (χ1) is 17.7. The zero-order valence-electron chi connectivity index (χ0n) is 21.4. The Morgan fingerprint density at radius 3 is 2.86 bits per heavy atom. The van der Waals surface area contributed by atoms with E-state index in [1.807, 2.05) is 13.0 Å². The summed E-state index contributed by atoms with van der Waals surface area (Å²) in [6, 6.07) is 7.98. The standard InChI is InChI=1S/C28H30FN7O/c1-15-19(12-32-26-25(15)31-8-9-37-26)17-10-22-20(24(30)23(17)29)13-33-27(35-22)34-21-7-5-6-16-14-36(4)28(2,3)11-18(16)21/h5-7,10,12-13,31H,8-9,11,14,30H2,1-4H3,(H,33,34,35). The highest BCUT2D eigenvalue weighted by molar-refractivity contribution is 5.96. The first kappa shape index (κ1) is 23.4. The Bertz CT molecular complexity index is 1550. The molecule has 2 aromatic carbocycles. The summed E-state index contributed by atoms with van der Waals surface area (Å²) in [4.78, 5) is 16.0. The molecule has 4 aromatic rings. The van der Waals surface area contributed by atoms with E-state index in [1.54, 1.807) is 18.5 Å². The summed E-state index contributed by atoms with van der Waals surface area (Å²) in [5, 5.41) is 7.18. The molecule has 4 N–H and O–H groups in total. The highest BCUT2D eigenvalue weighted by Gasteiger charge is 2.31. The Balaban J connectivity index is 1.41. The minimum Gasteiger partial charge on any atom is -0.474 e. The van der Waals surface area contributed by atoms with Crippen LogP contribution in [0.4, 0.5) is 27.4 Å². The van der Waals surface area contributed by atoms with Gasteiger partial charge in [0.15, 0.2) is 5.82 Å². The molecule has 0 unspecified atom stereocenters. The number of rotatable bonds is 3. The zero-order valence-corrected chi connectivity index (χ0v) is 21.4. The number of nitrogens with two attached hydrogens (primary N) is 1. The van der Waals surface area contributed by atoms with Crippen molar-refractivity contribution in [3.63, 3.8) is 0 Å². The van der Waals surface area contributed by atoms with Crippen LogP contribution in [-0.2, 0) is 13.0 Å². The molecule has 0 saturated heterocycles. The molecule has 0 spiro atoms. The van der Waals surface area contributed by atoms with Crippen molar-refractivity contribution in [1.82, 2.24) is 19.9 Å². The first-order valence-corrected chi connectivity index (χ1v) is 12.4. The van der Waals surface area contributed by atoms with Crippen molar-refractivity contribution in [2.75, 3.05) is 36.6 Å². The Hall–Kier alpha value is -3.98. The number of halogens is 1. The molecule has 2 aliphatic rings. The van der Waals surface area contributed by atoms with Crippen LogP contribution in [0.15, 0.2) is 36.7 Å². The van der Waals surface area contributed by atoms with Crippen molar-refractivity contribution in [3.05, 3.63) is 59.2 Å². The van der Waals surface area contributed by atoms with Gasteiger partial charge < -0.3 is 21.1 Å². The van der Waals surface area contributed by atoms with Crippen LogP contribution in [0.3, 0.4) is 0 Å². The van der Waals surface area contributed by atoms with E-state index in [0.717, 1.165) is 29.9 Å². The second-order valence-corrected chi connectivity index (χ2v) is 10.4. The molecule has 0 aliphatic carbocycles. The van der Waals surface area contributed by atoms with Crippen LogP contribution in [0, 0.1) is 12.7 Å². The molecule has 0 amide bonds. The van der Waals surface area contributed by atoms with Gasteiger partial charge in [-0.2, -0.15) is 0 Å². The molecular formula is C28H30FN7O. The lowest BCUT2D eigenvalue weighted by molar-refractivity contribution is 0.133. The second-order valence-electron chi connectivity index (χ2n) is 10.4. The minimum atomic E-state index is -0.512. The topological polar surface area (TPSA) is 101 Å². The van der Waals surface area contributed by atoms with Gasteiger partial charge >= 0.3 is 0 Å². The summed E-state index contributed by atoms with van der Waals surface area (Å²) in [5.74, 6) is 0.447. The molecule has 2 aromatic heterocycles. The maximum Gasteiger partial charge on any atom is 0.237 e. The number of likely N-dealkylation sites (N-methyl/N-ethyl adjacent to an activating group) is 1. The fourth-order valence-corrected chi connectivity index (χ4v) is 5.19. The number of ether oxygens (including phenoxy) is 1. The van der Waals surface area contributed by atoms with Gasteiger partial charge in [-0.15, -0.1) is 0 Å². The van der Waals surface area contributed by atoms with Crippen molar-refractivity contribution in [3.8, 4) is 17.0 Å². The van der Waals surface area contributed by atoms with Gasteiger partial charge in [0.25, 0.3) is 0 Å². The maximum atomic E-state index is 15.5. The van der Waals surface area contributed by atoms with Gasteiger partial charge in [-0.1, -0.05) is 12.1 Å².